The van der Waals surface area contributed by atoms with E-state index in [0.717, 1.165) is 16.7 Å². The van der Waals surface area contributed by atoms with E-state index in [2.05, 4.69) is 10.3 Å². The lowest BCUT2D eigenvalue weighted by Crippen LogP contribution is -2.20. The molecule has 0 saturated heterocycles. The van der Waals surface area contributed by atoms with Crippen molar-refractivity contribution in [1.82, 2.24) is 4.98 Å². The number of aromatic amines is 1. The number of ether oxygens (including phenoxy) is 1. The normalized spacial score (nSPS) is 12.3. The third kappa shape index (κ3) is 4.54. The van der Waals surface area contributed by atoms with Gasteiger partial charge in [0.2, 0.25) is 0 Å². The Morgan fingerprint density at radius 3 is 2.74 bits per heavy atom. The summed E-state index contributed by atoms with van der Waals surface area (Å²) in [4.78, 5) is 27.2. The van der Waals surface area contributed by atoms with Crippen LogP contribution in [-0.4, -0.2) is 18.0 Å². The van der Waals surface area contributed by atoms with Crippen molar-refractivity contribution in [3.05, 3.63) is 78.7 Å². The Labute approximate surface area is 160 Å². The first kappa shape index (κ1) is 18.7. The third-order valence-corrected chi connectivity index (χ3v) is 4.99. The molecule has 0 radical (unpaired) electrons. The van der Waals surface area contributed by atoms with Gasteiger partial charge in [0.05, 0.1) is 17.3 Å². The molecule has 0 atom stereocenters. The maximum atomic E-state index is 12.3. The van der Waals surface area contributed by atoms with Gasteiger partial charge in [0.1, 0.15) is 10.4 Å². The Kier molecular flexibility index (Phi) is 5.57. The van der Waals surface area contributed by atoms with Crippen molar-refractivity contribution >= 4 is 35.1 Å². The molecular formula is C21H20N2O3S. The van der Waals surface area contributed by atoms with Crippen molar-refractivity contribution in [3.63, 3.8) is 0 Å². The summed E-state index contributed by atoms with van der Waals surface area (Å²) in [5.41, 5.74) is 3.57. The number of carbonyl (C=O) groups excluding carboxylic acids is 1. The highest BCUT2D eigenvalue weighted by Crippen LogP contribution is 2.22. The number of amides is 1. The molecule has 0 spiro atoms. The van der Waals surface area contributed by atoms with Crippen molar-refractivity contribution in [1.29, 1.82) is 0 Å². The summed E-state index contributed by atoms with van der Waals surface area (Å²) in [6.45, 7) is 4.01. The van der Waals surface area contributed by atoms with Gasteiger partial charge in [-0.05, 0) is 43.2 Å². The highest BCUT2D eigenvalue weighted by molar-refractivity contribution is 7.07. The van der Waals surface area contributed by atoms with Gasteiger partial charge < -0.3 is 15.0 Å². The first-order valence-electron chi connectivity index (χ1n) is 8.40. The van der Waals surface area contributed by atoms with Gasteiger partial charge in [0, 0.05) is 6.08 Å². The molecule has 6 heteroatoms. The number of H-pyrrole nitrogens is 1. The lowest BCUT2D eigenvalue weighted by Gasteiger charge is -2.07. The van der Waals surface area contributed by atoms with E-state index in [4.69, 9.17) is 4.74 Å². The lowest BCUT2D eigenvalue weighted by molar-refractivity contribution is -0.110. The van der Waals surface area contributed by atoms with E-state index in [1.807, 2.05) is 50.3 Å². The summed E-state index contributed by atoms with van der Waals surface area (Å²) in [6, 6.07) is 13.2. The van der Waals surface area contributed by atoms with Crippen molar-refractivity contribution < 1.29 is 9.53 Å². The summed E-state index contributed by atoms with van der Waals surface area (Å²) in [5, 5.41) is 2.76. The molecule has 138 valence electrons. The number of hydrogen-bond acceptors (Lipinski definition) is 4. The minimum atomic E-state index is -0.338. The minimum Gasteiger partial charge on any atom is -0.495 e. The number of carbonyl (C=O) groups is 1. The monoisotopic (exact) mass is 380 g/mol. The number of methoxy groups -OCH3 is 1. The van der Waals surface area contributed by atoms with Gasteiger partial charge in [-0.3, -0.25) is 9.59 Å². The van der Waals surface area contributed by atoms with E-state index in [0.29, 0.717) is 20.6 Å². The zero-order valence-electron chi connectivity index (χ0n) is 15.3. The van der Waals surface area contributed by atoms with Crippen LogP contribution in [0.25, 0.3) is 12.2 Å². The summed E-state index contributed by atoms with van der Waals surface area (Å²) in [6.07, 6.45) is 3.22. The number of anilines is 1. The lowest BCUT2D eigenvalue weighted by atomic mass is 10.1. The summed E-state index contributed by atoms with van der Waals surface area (Å²) < 4.78 is 6.26. The number of para-hydroxylation sites is 2. The van der Waals surface area contributed by atoms with Crippen LogP contribution in [-0.2, 0) is 4.79 Å². The molecule has 27 heavy (non-hydrogen) atoms. The Balaban J connectivity index is 1.91. The van der Waals surface area contributed by atoms with E-state index < -0.39 is 0 Å². The molecule has 3 aromatic rings. The molecule has 0 saturated carbocycles. The molecule has 2 aromatic carbocycles. The van der Waals surface area contributed by atoms with E-state index in [9.17, 15) is 9.59 Å². The van der Waals surface area contributed by atoms with Crippen molar-refractivity contribution in [2.24, 2.45) is 0 Å². The summed E-state index contributed by atoms with van der Waals surface area (Å²) in [5.74, 6) is 0.234. The Morgan fingerprint density at radius 2 is 1.96 bits per heavy atom. The molecule has 1 amide bonds. The zero-order chi connectivity index (χ0) is 19.4. The highest BCUT2D eigenvalue weighted by Gasteiger charge is 2.05. The van der Waals surface area contributed by atoms with Crippen molar-refractivity contribution in [2.75, 3.05) is 12.4 Å². The topological polar surface area (TPSA) is 71.2 Å². The van der Waals surface area contributed by atoms with Crippen LogP contribution in [0, 0.1) is 13.8 Å². The second-order valence-corrected chi connectivity index (χ2v) is 7.21. The Hall–Kier alpha value is -3.12. The van der Waals surface area contributed by atoms with Gasteiger partial charge in [0.25, 0.3) is 11.5 Å². The average molecular weight is 380 g/mol. The van der Waals surface area contributed by atoms with Gasteiger partial charge in [-0.1, -0.05) is 35.9 Å². The molecule has 1 aromatic heterocycles. The number of aromatic nitrogens is 1. The average Bonchev–Trinajstić information content (AvgIpc) is 2.97. The van der Waals surface area contributed by atoms with Crippen LogP contribution in [0.15, 0.2) is 47.3 Å². The second-order valence-electron chi connectivity index (χ2n) is 6.12. The van der Waals surface area contributed by atoms with E-state index in [1.54, 1.807) is 19.2 Å². The van der Waals surface area contributed by atoms with Crippen LogP contribution in [0.2, 0.25) is 0 Å². The molecule has 2 N–H and O–H groups in total. The standard InChI is InChI=1S/C21H20N2O3S/c1-13-8-9-14(2)15(10-13)11-18-21(25)23-20(27-18)12-19(24)22-16-6-4-5-7-17(16)26-3/h4-12H,1-3H3,(H,22,24)(H,23,25)/b18-11-,20-12-. The van der Waals surface area contributed by atoms with Crippen molar-refractivity contribution in [3.8, 4) is 5.75 Å². The van der Waals surface area contributed by atoms with Gasteiger partial charge >= 0.3 is 0 Å². The molecular weight excluding hydrogens is 360 g/mol. The minimum absolute atomic E-state index is 0.211. The largest absolute Gasteiger partial charge is 0.495 e. The summed E-state index contributed by atoms with van der Waals surface area (Å²) >= 11 is 1.25. The van der Waals surface area contributed by atoms with E-state index >= 15 is 0 Å². The SMILES string of the molecule is COc1ccccc1NC(=O)/C=c1/[nH]c(=O)/c(=C/c2cc(C)ccc2C)s1. The number of thiazole rings is 1. The van der Waals surface area contributed by atoms with Gasteiger partial charge in [-0.15, -0.1) is 11.3 Å². The fraction of sp³-hybridized carbons (Fsp3) is 0.143. The fourth-order valence-corrected chi connectivity index (χ4v) is 3.49. The number of hydrogen-bond donors (Lipinski definition) is 2. The van der Waals surface area contributed by atoms with Crippen LogP contribution in [0.4, 0.5) is 5.69 Å². The number of nitrogens with one attached hydrogen (secondary N) is 2. The highest BCUT2D eigenvalue weighted by atomic mass is 32.1. The molecule has 3 rings (SSSR count). The maximum Gasteiger partial charge on any atom is 0.266 e. The number of benzene rings is 2. The predicted octanol–water partition coefficient (Wildman–Crippen LogP) is 2.31. The van der Waals surface area contributed by atoms with Crippen LogP contribution in [0.5, 0.6) is 5.75 Å². The number of aryl methyl sites for hydroxylation is 2. The van der Waals surface area contributed by atoms with Crippen LogP contribution in [0.1, 0.15) is 16.7 Å². The van der Waals surface area contributed by atoms with Gasteiger partial charge in [-0.2, -0.15) is 0 Å². The molecule has 1 heterocycles. The molecule has 0 aliphatic rings. The van der Waals surface area contributed by atoms with E-state index in [-0.39, 0.29) is 11.5 Å². The quantitative estimate of drug-likeness (QED) is 0.730. The Morgan fingerprint density at radius 1 is 1.19 bits per heavy atom. The fourth-order valence-electron chi connectivity index (χ4n) is 2.62. The molecule has 0 aliphatic heterocycles. The van der Waals surface area contributed by atoms with Gasteiger partial charge in [0.15, 0.2) is 0 Å². The first-order valence-corrected chi connectivity index (χ1v) is 9.22. The summed E-state index contributed by atoms with van der Waals surface area (Å²) in [7, 11) is 1.54. The third-order valence-electron chi connectivity index (χ3n) is 4.03. The molecule has 0 unspecified atom stereocenters. The number of rotatable bonds is 4. The van der Waals surface area contributed by atoms with Crippen LogP contribution in [0.3, 0.4) is 0 Å². The zero-order valence-corrected chi connectivity index (χ0v) is 16.1. The predicted molar refractivity (Wildman–Crippen MR) is 110 cm³/mol. The Bertz CT molecular complexity index is 1160. The van der Waals surface area contributed by atoms with Gasteiger partial charge in [-0.25, -0.2) is 0 Å². The van der Waals surface area contributed by atoms with Crippen molar-refractivity contribution in [2.45, 2.75) is 13.8 Å². The maximum absolute atomic E-state index is 12.3. The second kappa shape index (κ2) is 8.05. The molecule has 5 nitrogen and oxygen atoms in total. The molecule has 0 fully saturated rings. The van der Waals surface area contributed by atoms with Crippen LogP contribution < -0.4 is 24.8 Å². The first-order chi connectivity index (χ1) is 13.0. The molecule has 0 aliphatic carbocycles. The van der Waals surface area contributed by atoms with Crippen LogP contribution >= 0.6 is 11.3 Å². The smallest absolute Gasteiger partial charge is 0.266 e. The van der Waals surface area contributed by atoms with E-state index in [1.165, 1.54) is 17.4 Å². The molecule has 0 bridgehead atoms.